The number of carboxylic acids is 1. The Morgan fingerprint density at radius 1 is 1.48 bits per heavy atom. The van der Waals surface area contributed by atoms with Gasteiger partial charge in [-0.3, -0.25) is 14.9 Å². The zero-order chi connectivity index (χ0) is 15.6. The summed E-state index contributed by atoms with van der Waals surface area (Å²) in [4.78, 5) is 34.6. The third kappa shape index (κ3) is 3.11. The van der Waals surface area contributed by atoms with Crippen LogP contribution in [0.2, 0.25) is 5.02 Å². The number of nitro groups is 1. The molecule has 1 N–H and O–H groups in total. The Labute approximate surface area is 124 Å². The third-order valence-corrected chi connectivity index (χ3v) is 3.38. The first kappa shape index (κ1) is 15.2. The number of carbonyl (C=O) groups is 2. The van der Waals surface area contributed by atoms with Gasteiger partial charge < -0.3 is 14.7 Å². The molecule has 0 aliphatic carbocycles. The van der Waals surface area contributed by atoms with E-state index in [4.69, 9.17) is 21.4 Å². The van der Waals surface area contributed by atoms with E-state index in [0.29, 0.717) is 0 Å². The number of benzene rings is 1. The molecule has 1 aliphatic heterocycles. The molecular formula is C12H11ClN2O6. The van der Waals surface area contributed by atoms with Crippen LogP contribution >= 0.6 is 11.6 Å². The zero-order valence-corrected chi connectivity index (χ0v) is 11.4. The monoisotopic (exact) mass is 314 g/mol. The van der Waals surface area contributed by atoms with Crippen LogP contribution in [-0.2, 0) is 9.53 Å². The molecule has 1 fully saturated rings. The summed E-state index contributed by atoms with van der Waals surface area (Å²) in [6, 6.07) is 2.33. The van der Waals surface area contributed by atoms with Crippen molar-refractivity contribution in [2.75, 3.05) is 19.8 Å². The second kappa shape index (κ2) is 6.06. The largest absolute Gasteiger partial charge is 0.480 e. The van der Waals surface area contributed by atoms with Gasteiger partial charge in [-0.2, -0.15) is 0 Å². The van der Waals surface area contributed by atoms with Crippen LogP contribution in [0.15, 0.2) is 18.2 Å². The molecule has 0 spiro atoms. The summed E-state index contributed by atoms with van der Waals surface area (Å²) in [6.45, 7) is 0.231. The molecular weight excluding hydrogens is 304 g/mol. The summed E-state index contributed by atoms with van der Waals surface area (Å²) in [6.07, 6.45) is 0. The molecule has 0 aromatic heterocycles. The lowest BCUT2D eigenvalue weighted by Crippen LogP contribution is -2.52. The van der Waals surface area contributed by atoms with Crippen LogP contribution < -0.4 is 0 Å². The smallest absolute Gasteiger partial charge is 0.328 e. The van der Waals surface area contributed by atoms with E-state index >= 15 is 0 Å². The zero-order valence-electron chi connectivity index (χ0n) is 10.7. The summed E-state index contributed by atoms with van der Waals surface area (Å²) in [5.74, 6) is -1.77. The van der Waals surface area contributed by atoms with Crippen molar-refractivity contribution in [1.29, 1.82) is 0 Å². The summed E-state index contributed by atoms with van der Waals surface area (Å²) < 4.78 is 5.04. The molecule has 1 aliphatic rings. The SMILES string of the molecule is O=C(O)C1COCCN1C(=O)c1ccc([N+](=O)[O-])cc1Cl. The number of rotatable bonds is 3. The molecule has 1 heterocycles. The number of nitrogens with zero attached hydrogens (tertiary/aromatic N) is 2. The summed E-state index contributed by atoms with van der Waals surface area (Å²) in [5.41, 5.74) is -0.219. The Morgan fingerprint density at radius 2 is 2.19 bits per heavy atom. The molecule has 21 heavy (non-hydrogen) atoms. The number of ether oxygens (including phenoxy) is 1. The summed E-state index contributed by atoms with van der Waals surface area (Å²) >= 11 is 5.88. The van der Waals surface area contributed by atoms with Crippen LogP contribution in [0.1, 0.15) is 10.4 Å². The number of non-ortho nitro benzene ring substituents is 1. The van der Waals surface area contributed by atoms with Gasteiger partial charge in [0, 0.05) is 18.7 Å². The highest BCUT2D eigenvalue weighted by atomic mass is 35.5. The lowest BCUT2D eigenvalue weighted by atomic mass is 10.1. The molecule has 1 aromatic carbocycles. The predicted octanol–water partition coefficient (Wildman–Crippen LogP) is 1.17. The number of carboxylic acid groups (broad SMARTS) is 1. The quantitative estimate of drug-likeness (QED) is 0.662. The van der Waals surface area contributed by atoms with Crippen LogP contribution in [0.25, 0.3) is 0 Å². The molecule has 2 rings (SSSR count). The van der Waals surface area contributed by atoms with Crippen LogP contribution in [0.5, 0.6) is 0 Å². The van der Waals surface area contributed by atoms with E-state index in [0.717, 1.165) is 17.0 Å². The van der Waals surface area contributed by atoms with Crippen molar-refractivity contribution in [3.05, 3.63) is 38.9 Å². The van der Waals surface area contributed by atoms with Crippen molar-refractivity contribution >= 4 is 29.2 Å². The number of amides is 1. The molecule has 0 bridgehead atoms. The summed E-state index contributed by atoms with van der Waals surface area (Å²) in [7, 11) is 0. The minimum Gasteiger partial charge on any atom is -0.480 e. The Kier molecular flexibility index (Phi) is 4.39. The van der Waals surface area contributed by atoms with Crippen LogP contribution in [-0.4, -0.2) is 52.6 Å². The van der Waals surface area contributed by atoms with Gasteiger partial charge >= 0.3 is 5.97 Å². The van der Waals surface area contributed by atoms with Gasteiger partial charge in [0.25, 0.3) is 11.6 Å². The third-order valence-electron chi connectivity index (χ3n) is 3.07. The minimum atomic E-state index is -1.18. The molecule has 0 radical (unpaired) electrons. The fourth-order valence-corrected chi connectivity index (χ4v) is 2.25. The normalized spacial score (nSPS) is 18.3. The van der Waals surface area contributed by atoms with Gasteiger partial charge in [-0.25, -0.2) is 4.79 Å². The molecule has 1 aromatic rings. The van der Waals surface area contributed by atoms with Crippen LogP contribution in [0.4, 0.5) is 5.69 Å². The van der Waals surface area contributed by atoms with E-state index in [9.17, 15) is 19.7 Å². The average molecular weight is 315 g/mol. The Morgan fingerprint density at radius 3 is 2.76 bits per heavy atom. The first-order valence-electron chi connectivity index (χ1n) is 5.97. The van der Waals surface area contributed by atoms with Crippen molar-refractivity contribution in [2.24, 2.45) is 0 Å². The number of hydrogen-bond acceptors (Lipinski definition) is 5. The maximum absolute atomic E-state index is 12.4. The maximum atomic E-state index is 12.4. The van der Waals surface area contributed by atoms with Gasteiger partial charge in [0.1, 0.15) is 0 Å². The standard InChI is InChI=1S/C12H11ClN2O6/c13-9-5-7(15(19)20)1-2-8(9)11(16)14-3-4-21-6-10(14)12(17)18/h1-2,5,10H,3-4,6H2,(H,17,18). The fraction of sp³-hybridized carbons (Fsp3) is 0.333. The second-order valence-corrected chi connectivity index (χ2v) is 4.76. The van der Waals surface area contributed by atoms with Crippen molar-refractivity contribution < 1.29 is 24.4 Å². The highest BCUT2D eigenvalue weighted by molar-refractivity contribution is 6.34. The minimum absolute atomic E-state index is 0.0235. The van der Waals surface area contributed by atoms with Crippen LogP contribution in [0.3, 0.4) is 0 Å². The van der Waals surface area contributed by atoms with Gasteiger partial charge in [-0.1, -0.05) is 11.6 Å². The van der Waals surface area contributed by atoms with Gasteiger partial charge in [-0.05, 0) is 6.07 Å². The lowest BCUT2D eigenvalue weighted by molar-refractivity contribution is -0.384. The number of morpholine rings is 1. The van der Waals surface area contributed by atoms with E-state index < -0.39 is 22.8 Å². The number of aliphatic carboxylic acids is 1. The molecule has 112 valence electrons. The maximum Gasteiger partial charge on any atom is 0.328 e. The van der Waals surface area contributed by atoms with Crippen molar-refractivity contribution in [3.8, 4) is 0 Å². The van der Waals surface area contributed by atoms with Crippen molar-refractivity contribution in [3.63, 3.8) is 0 Å². The Balaban J connectivity index is 2.30. The number of nitro benzene ring substituents is 1. The Hall–Kier alpha value is -2.19. The molecule has 1 saturated heterocycles. The molecule has 8 nitrogen and oxygen atoms in total. The number of hydrogen-bond donors (Lipinski definition) is 1. The van der Waals surface area contributed by atoms with E-state index in [-0.39, 0.29) is 36.0 Å². The van der Waals surface area contributed by atoms with Crippen molar-refractivity contribution in [1.82, 2.24) is 4.90 Å². The van der Waals surface area contributed by atoms with E-state index in [2.05, 4.69) is 0 Å². The van der Waals surface area contributed by atoms with Gasteiger partial charge in [0.2, 0.25) is 0 Å². The van der Waals surface area contributed by atoms with Crippen molar-refractivity contribution in [2.45, 2.75) is 6.04 Å². The first-order chi connectivity index (χ1) is 9.91. The van der Waals surface area contributed by atoms with Gasteiger partial charge in [-0.15, -0.1) is 0 Å². The number of halogens is 1. The number of carbonyl (C=O) groups excluding carboxylic acids is 1. The molecule has 1 atom stereocenters. The fourth-order valence-electron chi connectivity index (χ4n) is 2.00. The van der Waals surface area contributed by atoms with Gasteiger partial charge in [0.05, 0.1) is 28.7 Å². The topological polar surface area (TPSA) is 110 Å². The molecule has 0 saturated carbocycles. The first-order valence-corrected chi connectivity index (χ1v) is 6.35. The lowest BCUT2D eigenvalue weighted by Gasteiger charge is -2.33. The highest BCUT2D eigenvalue weighted by Crippen LogP contribution is 2.25. The molecule has 9 heteroatoms. The predicted molar refractivity (Wildman–Crippen MR) is 71.4 cm³/mol. The highest BCUT2D eigenvalue weighted by Gasteiger charge is 2.34. The van der Waals surface area contributed by atoms with E-state index in [1.807, 2.05) is 0 Å². The average Bonchev–Trinajstić information content (AvgIpc) is 2.46. The van der Waals surface area contributed by atoms with E-state index in [1.165, 1.54) is 6.07 Å². The molecule has 1 amide bonds. The van der Waals surface area contributed by atoms with E-state index in [1.54, 1.807) is 0 Å². The second-order valence-electron chi connectivity index (χ2n) is 4.35. The van der Waals surface area contributed by atoms with Gasteiger partial charge in [0.15, 0.2) is 6.04 Å². The van der Waals surface area contributed by atoms with Crippen LogP contribution in [0, 0.1) is 10.1 Å². The summed E-state index contributed by atoms with van der Waals surface area (Å²) in [5, 5.41) is 19.6. The molecule has 1 unspecified atom stereocenters. The Bertz CT molecular complexity index is 605.